The molecule has 1 aromatic rings. The molecule has 0 aliphatic rings. The van der Waals surface area contributed by atoms with Crippen molar-refractivity contribution in [1.29, 1.82) is 0 Å². The Labute approximate surface area is 87.9 Å². The van der Waals surface area contributed by atoms with Gasteiger partial charge in [-0.2, -0.15) is 0 Å². The van der Waals surface area contributed by atoms with Crippen LogP contribution < -0.4 is 10.6 Å². The van der Waals surface area contributed by atoms with E-state index in [1.165, 1.54) is 0 Å². The minimum Gasteiger partial charge on any atom is -0.363 e. The van der Waals surface area contributed by atoms with E-state index in [9.17, 15) is 8.78 Å². The summed E-state index contributed by atoms with van der Waals surface area (Å²) in [6.45, 7) is 0. The molecule has 15 heavy (non-hydrogen) atoms. The quantitative estimate of drug-likeness (QED) is 0.822. The molecule has 0 fully saturated rings. The summed E-state index contributed by atoms with van der Waals surface area (Å²) < 4.78 is 24.6. The van der Waals surface area contributed by atoms with E-state index in [0.29, 0.717) is 5.82 Å². The highest BCUT2D eigenvalue weighted by Gasteiger charge is 2.17. The first-order valence-electron chi connectivity index (χ1n) is 4.67. The van der Waals surface area contributed by atoms with Crippen LogP contribution >= 0.6 is 0 Å². The van der Waals surface area contributed by atoms with Crippen LogP contribution in [0.2, 0.25) is 0 Å². The Kier molecular flexibility index (Phi) is 3.96. The number of halogens is 2. The number of hydrogen-bond donors (Lipinski definition) is 1. The Morgan fingerprint density at radius 1 is 1.47 bits per heavy atom. The predicted octanol–water partition coefficient (Wildman–Crippen LogP) is 1.28. The molecule has 0 saturated heterocycles. The van der Waals surface area contributed by atoms with Crippen LogP contribution in [-0.4, -0.2) is 31.5 Å². The lowest BCUT2D eigenvalue weighted by molar-refractivity contribution is 0.116. The second-order valence-corrected chi connectivity index (χ2v) is 3.58. The zero-order chi connectivity index (χ0) is 11.4. The monoisotopic (exact) mass is 215 g/mol. The highest BCUT2D eigenvalue weighted by molar-refractivity contribution is 5.45. The number of alkyl halides is 2. The Balaban J connectivity index is 2.84. The van der Waals surface area contributed by atoms with E-state index >= 15 is 0 Å². The van der Waals surface area contributed by atoms with Gasteiger partial charge in [0.25, 0.3) is 6.43 Å². The third-order valence-corrected chi connectivity index (χ3v) is 2.07. The van der Waals surface area contributed by atoms with Crippen molar-refractivity contribution < 1.29 is 8.78 Å². The molecule has 1 heterocycles. The number of nitrogens with zero attached hydrogens (tertiary/aromatic N) is 2. The summed E-state index contributed by atoms with van der Waals surface area (Å²) in [6.07, 6.45) is -0.730. The van der Waals surface area contributed by atoms with Gasteiger partial charge in [0.15, 0.2) is 0 Å². The van der Waals surface area contributed by atoms with Crippen LogP contribution in [0.1, 0.15) is 5.56 Å². The largest absolute Gasteiger partial charge is 0.363 e. The van der Waals surface area contributed by atoms with Crippen molar-refractivity contribution >= 4 is 5.82 Å². The first-order chi connectivity index (χ1) is 7.02. The van der Waals surface area contributed by atoms with Crippen molar-refractivity contribution in [2.75, 3.05) is 19.0 Å². The average molecular weight is 215 g/mol. The van der Waals surface area contributed by atoms with Crippen LogP contribution in [0.3, 0.4) is 0 Å². The van der Waals surface area contributed by atoms with Gasteiger partial charge in [-0.05, 0) is 18.1 Å². The molecule has 3 nitrogen and oxygen atoms in total. The van der Waals surface area contributed by atoms with E-state index in [1.54, 1.807) is 23.2 Å². The van der Waals surface area contributed by atoms with Crippen LogP contribution in [0, 0.1) is 0 Å². The number of hydrogen-bond acceptors (Lipinski definition) is 3. The number of anilines is 1. The molecule has 1 rings (SSSR count). The lowest BCUT2D eigenvalue weighted by Crippen LogP contribution is -2.31. The molecule has 0 radical (unpaired) electrons. The molecular formula is C10H15F2N3. The summed E-state index contributed by atoms with van der Waals surface area (Å²) in [5.41, 5.74) is 6.07. The lowest BCUT2D eigenvalue weighted by atomic mass is 10.1. The zero-order valence-corrected chi connectivity index (χ0v) is 8.82. The highest BCUT2D eigenvalue weighted by atomic mass is 19.3. The van der Waals surface area contributed by atoms with Crippen LogP contribution in [0.4, 0.5) is 14.6 Å². The minimum atomic E-state index is -2.50. The Hall–Kier alpha value is -1.23. The first-order valence-corrected chi connectivity index (χ1v) is 4.67. The zero-order valence-electron chi connectivity index (χ0n) is 8.82. The van der Waals surface area contributed by atoms with Crippen LogP contribution in [0.5, 0.6) is 0 Å². The third-order valence-electron chi connectivity index (χ3n) is 2.07. The second kappa shape index (κ2) is 5.02. The van der Waals surface area contributed by atoms with E-state index < -0.39 is 12.5 Å². The molecule has 1 aromatic heterocycles. The van der Waals surface area contributed by atoms with Gasteiger partial charge in [0.2, 0.25) is 0 Å². The normalized spacial score (nSPS) is 12.9. The van der Waals surface area contributed by atoms with Crippen LogP contribution in [-0.2, 0) is 6.42 Å². The Bertz CT molecular complexity index is 315. The summed E-state index contributed by atoms with van der Waals surface area (Å²) in [6, 6.07) is 2.36. The van der Waals surface area contributed by atoms with E-state index in [-0.39, 0.29) is 6.42 Å². The maximum Gasteiger partial charge on any atom is 0.253 e. The van der Waals surface area contributed by atoms with E-state index in [0.717, 1.165) is 5.56 Å². The molecular weight excluding hydrogens is 200 g/mol. The number of nitrogens with two attached hydrogens (primary N) is 1. The van der Waals surface area contributed by atoms with Crippen LogP contribution in [0.15, 0.2) is 18.3 Å². The molecule has 0 spiro atoms. The molecule has 0 aromatic carbocycles. The van der Waals surface area contributed by atoms with Gasteiger partial charge in [0.1, 0.15) is 5.82 Å². The molecule has 2 N–H and O–H groups in total. The maximum absolute atomic E-state index is 12.3. The summed E-state index contributed by atoms with van der Waals surface area (Å²) in [5, 5.41) is 0. The van der Waals surface area contributed by atoms with Crippen LogP contribution in [0.25, 0.3) is 0 Å². The van der Waals surface area contributed by atoms with Gasteiger partial charge in [0.05, 0.1) is 6.04 Å². The SMILES string of the molecule is CN(C)c1ncccc1CC(N)C(F)F. The van der Waals surface area contributed by atoms with E-state index in [1.807, 2.05) is 14.1 Å². The van der Waals surface area contributed by atoms with Crippen molar-refractivity contribution in [2.45, 2.75) is 18.9 Å². The van der Waals surface area contributed by atoms with Gasteiger partial charge < -0.3 is 10.6 Å². The minimum absolute atomic E-state index is 0.138. The van der Waals surface area contributed by atoms with Crippen molar-refractivity contribution in [3.63, 3.8) is 0 Å². The standard InChI is InChI=1S/C10H15F2N3/c1-15(2)10-7(4-3-5-14-10)6-8(13)9(11)12/h3-5,8-9H,6,13H2,1-2H3. The Morgan fingerprint density at radius 3 is 2.67 bits per heavy atom. The fourth-order valence-corrected chi connectivity index (χ4v) is 1.34. The molecule has 0 amide bonds. The van der Waals surface area contributed by atoms with Gasteiger partial charge >= 0.3 is 0 Å². The average Bonchev–Trinajstić information content (AvgIpc) is 2.18. The molecule has 0 bridgehead atoms. The molecule has 1 atom stereocenters. The lowest BCUT2D eigenvalue weighted by Gasteiger charge is -2.17. The van der Waals surface area contributed by atoms with E-state index in [4.69, 9.17) is 5.73 Å². The molecule has 0 aliphatic carbocycles. The fourth-order valence-electron chi connectivity index (χ4n) is 1.34. The second-order valence-electron chi connectivity index (χ2n) is 3.58. The van der Waals surface area contributed by atoms with Crippen molar-refractivity contribution in [1.82, 2.24) is 4.98 Å². The van der Waals surface area contributed by atoms with Gasteiger partial charge in [0, 0.05) is 20.3 Å². The molecule has 0 aliphatic heterocycles. The summed E-state index contributed by atoms with van der Waals surface area (Å²) >= 11 is 0. The smallest absolute Gasteiger partial charge is 0.253 e. The van der Waals surface area contributed by atoms with Gasteiger partial charge in [-0.15, -0.1) is 0 Å². The topological polar surface area (TPSA) is 42.2 Å². The van der Waals surface area contributed by atoms with Gasteiger partial charge in [-0.25, -0.2) is 13.8 Å². The molecule has 84 valence electrons. The van der Waals surface area contributed by atoms with Crippen molar-refractivity contribution in [3.8, 4) is 0 Å². The summed E-state index contributed by atoms with van der Waals surface area (Å²) in [5.74, 6) is 0.689. The maximum atomic E-state index is 12.3. The fraction of sp³-hybridized carbons (Fsp3) is 0.500. The molecule has 5 heteroatoms. The third kappa shape index (κ3) is 3.13. The van der Waals surface area contributed by atoms with Crippen molar-refractivity contribution in [3.05, 3.63) is 23.9 Å². The molecule has 1 unspecified atom stereocenters. The summed E-state index contributed by atoms with van der Waals surface area (Å²) in [7, 11) is 3.64. The highest BCUT2D eigenvalue weighted by Crippen LogP contribution is 2.17. The Morgan fingerprint density at radius 2 is 2.13 bits per heavy atom. The van der Waals surface area contributed by atoms with Gasteiger partial charge in [-0.1, -0.05) is 6.07 Å². The number of pyridine rings is 1. The first kappa shape index (κ1) is 11.8. The van der Waals surface area contributed by atoms with Crippen molar-refractivity contribution in [2.24, 2.45) is 5.73 Å². The predicted molar refractivity (Wildman–Crippen MR) is 56.2 cm³/mol. The van der Waals surface area contributed by atoms with Gasteiger partial charge in [-0.3, -0.25) is 0 Å². The number of aromatic nitrogens is 1. The number of rotatable bonds is 4. The molecule has 0 saturated carbocycles. The van der Waals surface area contributed by atoms with E-state index in [2.05, 4.69) is 4.98 Å². The summed E-state index contributed by atoms with van der Waals surface area (Å²) in [4.78, 5) is 5.90.